The third kappa shape index (κ3) is 5.97. The maximum Gasteiger partial charge on any atom is 0.287 e. The number of hydrogen-bond acceptors (Lipinski definition) is 5. The Hall–Kier alpha value is -4.14. The maximum atomic E-state index is 12.8. The minimum absolute atomic E-state index is 0.185. The smallest absolute Gasteiger partial charge is 0.287 e. The molecule has 0 spiro atoms. The van der Waals surface area contributed by atoms with Crippen molar-refractivity contribution in [3.63, 3.8) is 0 Å². The lowest BCUT2D eigenvalue weighted by molar-refractivity contribution is -0.124. The maximum absolute atomic E-state index is 12.8. The van der Waals surface area contributed by atoms with Crippen LogP contribution in [0.1, 0.15) is 41.6 Å². The number of aromatic amines is 1. The van der Waals surface area contributed by atoms with Crippen molar-refractivity contribution in [3.05, 3.63) is 71.9 Å². The SMILES string of the molecule is CCOc1ccccc1C(=O)NC(C(=O)NNC(=O)c1cc(-c2ccccc2)n[nH]1)C(C)C. The largest absolute Gasteiger partial charge is 0.493 e. The number of carbonyl (C=O) groups is 3. The molecule has 2 aromatic carbocycles. The van der Waals surface area contributed by atoms with E-state index in [4.69, 9.17) is 4.74 Å². The number of H-pyrrole nitrogens is 1. The molecule has 0 saturated heterocycles. The van der Waals surface area contributed by atoms with Crippen molar-refractivity contribution in [2.75, 3.05) is 6.61 Å². The molecule has 4 N–H and O–H groups in total. The van der Waals surface area contributed by atoms with Gasteiger partial charge in [-0.15, -0.1) is 0 Å². The number of rotatable bonds is 8. The van der Waals surface area contributed by atoms with E-state index in [1.54, 1.807) is 44.2 Å². The van der Waals surface area contributed by atoms with E-state index in [2.05, 4.69) is 26.4 Å². The normalized spacial score (nSPS) is 11.5. The van der Waals surface area contributed by atoms with Gasteiger partial charge in [0.25, 0.3) is 17.7 Å². The van der Waals surface area contributed by atoms with E-state index in [9.17, 15) is 14.4 Å². The van der Waals surface area contributed by atoms with Crippen molar-refractivity contribution in [1.29, 1.82) is 0 Å². The first kappa shape index (κ1) is 23.5. The molecule has 172 valence electrons. The summed E-state index contributed by atoms with van der Waals surface area (Å²) in [5.41, 5.74) is 6.70. The van der Waals surface area contributed by atoms with E-state index in [0.29, 0.717) is 23.6 Å². The Bertz CT molecular complexity index is 1110. The van der Waals surface area contributed by atoms with Crippen LogP contribution in [0.2, 0.25) is 0 Å². The average molecular weight is 450 g/mol. The molecule has 33 heavy (non-hydrogen) atoms. The summed E-state index contributed by atoms with van der Waals surface area (Å²) in [6.07, 6.45) is 0. The molecule has 9 nitrogen and oxygen atoms in total. The van der Waals surface area contributed by atoms with E-state index in [-0.39, 0.29) is 11.6 Å². The second-order valence-corrected chi connectivity index (χ2v) is 7.60. The molecule has 0 aliphatic heterocycles. The average Bonchev–Trinajstić information content (AvgIpc) is 3.32. The number of benzene rings is 2. The van der Waals surface area contributed by atoms with Crippen molar-refractivity contribution >= 4 is 17.7 Å². The molecule has 0 saturated carbocycles. The third-order valence-electron chi connectivity index (χ3n) is 4.86. The highest BCUT2D eigenvalue weighted by molar-refractivity contribution is 6.00. The Morgan fingerprint density at radius 1 is 0.970 bits per heavy atom. The van der Waals surface area contributed by atoms with E-state index in [1.807, 2.05) is 37.3 Å². The molecule has 1 unspecified atom stereocenters. The third-order valence-corrected chi connectivity index (χ3v) is 4.86. The van der Waals surface area contributed by atoms with Gasteiger partial charge in [0.05, 0.1) is 17.9 Å². The van der Waals surface area contributed by atoms with Crippen LogP contribution in [0.15, 0.2) is 60.7 Å². The Kier molecular flexibility index (Phi) is 7.80. The Morgan fingerprint density at radius 3 is 2.36 bits per heavy atom. The molecule has 0 aliphatic rings. The van der Waals surface area contributed by atoms with E-state index >= 15 is 0 Å². The lowest BCUT2D eigenvalue weighted by Gasteiger charge is -2.22. The molecular formula is C24H27N5O4. The number of amides is 3. The van der Waals surface area contributed by atoms with Gasteiger partial charge >= 0.3 is 0 Å². The molecule has 0 bridgehead atoms. The number of nitrogens with zero attached hydrogens (tertiary/aromatic N) is 1. The van der Waals surface area contributed by atoms with Crippen LogP contribution in [0.25, 0.3) is 11.3 Å². The number of carbonyl (C=O) groups excluding carboxylic acids is 3. The first-order valence-corrected chi connectivity index (χ1v) is 10.6. The molecule has 1 heterocycles. The van der Waals surface area contributed by atoms with E-state index in [0.717, 1.165) is 5.56 Å². The number of nitrogens with one attached hydrogen (secondary N) is 4. The summed E-state index contributed by atoms with van der Waals surface area (Å²) < 4.78 is 5.49. The predicted octanol–water partition coefficient (Wildman–Crippen LogP) is 2.69. The summed E-state index contributed by atoms with van der Waals surface area (Å²) in [6.45, 7) is 5.82. The van der Waals surface area contributed by atoms with Crippen molar-refractivity contribution < 1.29 is 19.1 Å². The summed E-state index contributed by atoms with van der Waals surface area (Å²) in [5.74, 6) is -1.36. The quantitative estimate of drug-likeness (QED) is 0.394. The molecule has 1 atom stereocenters. The molecule has 0 aliphatic carbocycles. The van der Waals surface area contributed by atoms with Gasteiger partial charge in [-0.05, 0) is 31.0 Å². The second-order valence-electron chi connectivity index (χ2n) is 7.60. The Labute approximate surface area is 191 Å². The van der Waals surface area contributed by atoms with Gasteiger partial charge in [-0.3, -0.25) is 30.3 Å². The molecule has 3 rings (SSSR count). The highest BCUT2D eigenvalue weighted by Gasteiger charge is 2.26. The van der Waals surface area contributed by atoms with Crippen molar-refractivity contribution in [3.8, 4) is 17.0 Å². The second kappa shape index (κ2) is 10.9. The molecule has 3 aromatic rings. The first-order chi connectivity index (χ1) is 15.9. The van der Waals surface area contributed by atoms with Gasteiger partial charge in [0.1, 0.15) is 17.5 Å². The standard InChI is InChI=1S/C24H27N5O4/c1-4-33-20-13-9-8-12-17(20)22(30)25-21(15(2)3)24(32)29-28-23(31)19-14-18(26-27-19)16-10-6-5-7-11-16/h5-15,21H,4H2,1-3H3,(H,25,30)(H,26,27)(H,28,31)(H,29,32). The number of aromatic nitrogens is 2. The molecule has 1 aromatic heterocycles. The molecule has 3 amide bonds. The molecule has 9 heteroatoms. The molecule has 0 radical (unpaired) electrons. The fourth-order valence-corrected chi connectivity index (χ4v) is 3.15. The van der Waals surface area contributed by atoms with Crippen molar-refractivity contribution in [2.24, 2.45) is 5.92 Å². The lowest BCUT2D eigenvalue weighted by Crippen LogP contribution is -2.54. The van der Waals surface area contributed by atoms with Gasteiger partial charge in [-0.25, -0.2) is 0 Å². The number of ether oxygens (including phenoxy) is 1. The predicted molar refractivity (Wildman–Crippen MR) is 123 cm³/mol. The molecular weight excluding hydrogens is 422 g/mol. The zero-order valence-electron chi connectivity index (χ0n) is 18.7. The minimum atomic E-state index is -0.880. The number of para-hydroxylation sites is 1. The first-order valence-electron chi connectivity index (χ1n) is 10.6. The van der Waals surface area contributed by atoms with Gasteiger partial charge in [0.15, 0.2) is 0 Å². The van der Waals surface area contributed by atoms with Gasteiger partial charge in [-0.1, -0.05) is 56.3 Å². The highest BCUT2D eigenvalue weighted by atomic mass is 16.5. The van der Waals surface area contributed by atoms with E-state index in [1.165, 1.54) is 0 Å². The summed E-state index contributed by atoms with van der Waals surface area (Å²) in [4.78, 5) is 38.0. The topological polar surface area (TPSA) is 125 Å². The summed E-state index contributed by atoms with van der Waals surface area (Å²) in [7, 11) is 0. The van der Waals surface area contributed by atoms with Crippen LogP contribution < -0.4 is 20.9 Å². The van der Waals surface area contributed by atoms with Crippen LogP contribution in [0, 0.1) is 5.92 Å². The minimum Gasteiger partial charge on any atom is -0.493 e. The van der Waals surface area contributed by atoms with Crippen molar-refractivity contribution in [2.45, 2.75) is 26.8 Å². The number of hydrogen-bond donors (Lipinski definition) is 4. The van der Waals surface area contributed by atoms with Gasteiger partial charge in [0.2, 0.25) is 0 Å². The zero-order valence-corrected chi connectivity index (χ0v) is 18.7. The monoisotopic (exact) mass is 449 g/mol. The van der Waals surface area contributed by atoms with Gasteiger partial charge in [0, 0.05) is 5.56 Å². The van der Waals surface area contributed by atoms with Crippen LogP contribution in [0.4, 0.5) is 0 Å². The van der Waals surface area contributed by atoms with Gasteiger partial charge in [-0.2, -0.15) is 5.10 Å². The lowest BCUT2D eigenvalue weighted by atomic mass is 10.0. The van der Waals surface area contributed by atoms with Crippen LogP contribution >= 0.6 is 0 Å². The summed E-state index contributed by atoms with van der Waals surface area (Å²) in [6, 6.07) is 16.9. The van der Waals surface area contributed by atoms with Crippen LogP contribution in [0.3, 0.4) is 0 Å². The van der Waals surface area contributed by atoms with E-state index < -0.39 is 23.8 Å². The molecule has 0 fully saturated rings. The van der Waals surface area contributed by atoms with Crippen LogP contribution in [0.5, 0.6) is 5.75 Å². The van der Waals surface area contributed by atoms with Gasteiger partial charge < -0.3 is 10.1 Å². The van der Waals surface area contributed by atoms with Crippen LogP contribution in [-0.2, 0) is 4.79 Å². The van der Waals surface area contributed by atoms with Crippen LogP contribution in [-0.4, -0.2) is 40.6 Å². The number of hydrazine groups is 1. The summed E-state index contributed by atoms with van der Waals surface area (Å²) >= 11 is 0. The summed E-state index contributed by atoms with van der Waals surface area (Å²) in [5, 5.41) is 9.50. The zero-order chi connectivity index (χ0) is 23.8. The van der Waals surface area contributed by atoms with Crippen molar-refractivity contribution in [1.82, 2.24) is 26.4 Å². The fraction of sp³-hybridized carbons (Fsp3) is 0.250. The highest BCUT2D eigenvalue weighted by Crippen LogP contribution is 2.19. The fourth-order valence-electron chi connectivity index (χ4n) is 3.15. The Balaban J connectivity index is 1.62. The Morgan fingerprint density at radius 2 is 1.67 bits per heavy atom.